The van der Waals surface area contributed by atoms with Crippen molar-refractivity contribution in [3.05, 3.63) is 65.2 Å². The largest absolute Gasteiger partial charge is 0.354 e. The van der Waals surface area contributed by atoms with Gasteiger partial charge in [-0.2, -0.15) is 0 Å². The Morgan fingerprint density at radius 2 is 1.88 bits per heavy atom. The molecule has 3 nitrogen and oxygen atoms in total. The van der Waals surface area contributed by atoms with Gasteiger partial charge in [-0.15, -0.1) is 23.1 Å². The number of aromatic nitrogens is 1. The van der Waals surface area contributed by atoms with Gasteiger partial charge in [0.05, 0.1) is 16.0 Å². The van der Waals surface area contributed by atoms with Crippen molar-refractivity contribution in [1.29, 1.82) is 0 Å². The molecule has 0 unspecified atom stereocenters. The van der Waals surface area contributed by atoms with Gasteiger partial charge in [0.25, 0.3) is 0 Å². The van der Waals surface area contributed by atoms with Gasteiger partial charge >= 0.3 is 0 Å². The highest BCUT2D eigenvalue weighted by Crippen LogP contribution is 2.47. The lowest BCUT2D eigenvalue weighted by Crippen LogP contribution is -2.33. The Hall–Kier alpha value is -1.85. The van der Waals surface area contributed by atoms with Crippen molar-refractivity contribution in [3.63, 3.8) is 0 Å². The Balaban J connectivity index is 1.24. The van der Waals surface area contributed by atoms with Crippen molar-refractivity contribution in [3.8, 4) is 0 Å². The Kier molecular flexibility index (Phi) is 4.77. The molecular weight excluding hydrogens is 348 g/mol. The molecule has 1 amide bonds. The van der Waals surface area contributed by atoms with Gasteiger partial charge in [-0.3, -0.25) is 4.79 Å². The van der Waals surface area contributed by atoms with E-state index in [4.69, 9.17) is 0 Å². The SMILES string of the molecule is O=C(CSCc1nc2ccccc2s1)NCC1(c2ccccc2)CC1. The number of para-hydroxylation sites is 1. The first-order valence-corrected chi connectivity index (χ1v) is 10.5. The highest BCUT2D eigenvalue weighted by molar-refractivity contribution is 7.99. The fourth-order valence-electron chi connectivity index (χ4n) is 3.04. The maximum absolute atomic E-state index is 12.2. The molecule has 0 saturated heterocycles. The molecule has 5 heteroatoms. The number of nitrogens with one attached hydrogen (secondary N) is 1. The number of hydrogen-bond acceptors (Lipinski definition) is 4. The first-order chi connectivity index (χ1) is 12.3. The second-order valence-electron chi connectivity index (χ2n) is 6.49. The van der Waals surface area contributed by atoms with E-state index in [-0.39, 0.29) is 11.3 Å². The van der Waals surface area contributed by atoms with E-state index in [2.05, 4.69) is 40.6 Å². The summed E-state index contributed by atoms with van der Waals surface area (Å²) in [6.45, 7) is 0.748. The summed E-state index contributed by atoms with van der Waals surface area (Å²) in [7, 11) is 0. The number of rotatable bonds is 7. The maximum Gasteiger partial charge on any atom is 0.230 e. The number of amides is 1. The minimum atomic E-state index is 0.119. The number of benzene rings is 2. The summed E-state index contributed by atoms with van der Waals surface area (Å²) < 4.78 is 1.21. The molecule has 1 fully saturated rings. The van der Waals surface area contributed by atoms with Crippen LogP contribution in [0.5, 0.6) is 0 Å². The van der Waals surface area contributed by atoms with Crippen LogP contribution in [0.2, 0.25) is 0 Å². The molecule has 1 heterocycles. The van der Waals surface area contributed by atoms with Gasteiger partial charge in [0.15, 0.2) is 0 Å². The normalized spacial score (nSPS) is 15.2. The first kappa shape index (κ1) is 16.6. The molecule has 1 aliphatic rings. The van der Waals surface area contributed by atoms with Gasteiger partial charge < -0.3 is 5.32 Å². The second kappa shape index (κ2) is 7.18. The van der Waals surface area contributed by atoms with E-state index in [1.165, 1.54) is 10.3 Å². The van der Waals surface area contributed by atoms with E-state index >= 15 is 0 Å². The van der Waals surface area contributed by atoms with Gasteiger partial charge in [-0.05, 0) is 30.5 Å². The molecule has 2 aromatic carbocycles. The smallest absolute Gasteiger partial charge is 0.230 e. The topological polar surface area (TPSA) is 42.0 Å². The Labute approximate surface area is 155 Å². The van der Waals surface area contributed by atoms with E-state index < -0.39 is 0 Å². The molecule has 0 bridgehead atoms. The quantitative estimate of drug-likeness (QED) is 0.673. The minimum absolute atomic E-state index is 0.119. The van der Waals surface area contributed by atoms with Gasteiger partial charge in [-0.25, -0.2) is 4.98 Å². The van der Waals surface area contributed by atoms with E-state index in [0.29, 0.717) is 5.75 Å². The van der Waals surface area contributed by atoms with E-state index in [1.807, 2.05) is 24.3 Å². The van der Waals surface area contributed by atoms with Crippen LogP contribution in [0, 0.1) is 0 Å². The van der Waals surface area contributed by atoms with Crippen LogP contribution in [0.3, 0.4) is 0 Å². The van der Waals surface area contributed by atoms with Crippen LogP contribution in [-0.4, -0.2) is 23.2 Å². The summed E-state index contributed by atoms with van der Waals surface area (Å²) in [4.78, 5) is 16.8. The third kappa shape index (κ3) is 3.88. The lowest BCUT2D eigenvalue weighted by atomic mass is 9.96. The van der Waals surface area contributed by atoms with Crippen LogP contribution in [0.1, 0.15) is 23.4 Å². The van der Waals surface area contributed by atoms with Crippen molar-refractivity contribution < 1.29 is 4.79 Å². The number of thioether (sulfide) groups is 1. The van der Waals surface area contributed by atoms with Crippen LogP contribution >= 0.6 is 23.1 Å². The summed E-state index contributed by atoms with van der Waals surface area (Å²) in [5.74, 6) is 1.39. The zero-order valence-corrected chi connectivity index (χ0v) is 15.5. The van der Waals surface area contributed by atoms with Crippen LogP contribution in [0.4, 0.5) is 0 Å². The molecular formula is C20H20N2OS2. The summed E-state index contributed by atoms with van der Waals surface area (Å²) in [5, 5.41) is 4.21. The molecule has 1 aromatic heterocycles. The van der Waals surface area contributed by atoms with Crippen molar-refractivity contribution in [2.45, 2.75) is 24.0 Å². The van der Waals surface area contributed by atoms with Gasteiger partial charge in [0.2, 0.25) is 5.91 Å². The maximum atomic E-state index is 12.2. The molecule has 3 aromatic rings. The monoisotopic (exact) mass is 368 g/mol. The number of nitrogens with zero attached hydrogens (tertiary/aromatic N) is 1. The third-order valence-corrected chi connectivity index (χ3v) is 6.82. The predicted molar refractivity (Wildman–Crippen MR) is 106 cm³/mol. The summed E-state index contributed by atoms with van der Waals surface area (Å²) in [6, 6.07) is 18.7. The molecule has 0 spiro atoms. The average molecular weight is 369 g/mol. The first-order valence-electron chi connectivity index (χ1n) is 8.50. The highest BCUT2D eigenvalue weighted by Gasteiger charge is 2.44. The molecule has 4 rings (SSSR count). The van der Waals surface area contributed by atoms with Crippen molar-refractivity contribution in [1.82, 2.24) is 10.3 Å². The Morgan fingerprint density at radius 3 is 2.64 bits per heavy atom. The van der Waals surface area contributed by atoms with Crippen LogP contribution in [0.25, 0.3) is 10.2 Å². The molecule has 1 saturated carbocycles. The van der Waals surface area contributed by atoms with Crippen LogP contribution in [0.15, 0.2) is 54.6 Å². The summed E-state index contributed by atoms with van der Waals surface area (Å²) in [6.07, 6.45) is 2.33. The highest BCUT2D eigenvalue weighted by atomic mass is 32.2. The molecule has 25 heavy (non-hydrogen) atoms. The lowest BCUT2D eigenvalue weighted by molar-refractivity contribution is -0.118. The predicted octanol–water partition coefficient (Wildman–Crippen LogP) is 4.38. The lowest BCUT2D eigenvalue weighted by Gasteiger charge is -2.16. The van der Waals surface area contributed by atoms with Crippen molar-refractivity contribution in [2.75, 3.05) is 12.3 Å². The van der Waals surface area contributed by atoms with E-state index in [0.717, 1.165) is 35.7 Å². The molecule has 0 atom stereocenters. The third-order valence-electron chi connectivity index (χ3n) is 4.66. The molecule has 0 radical (unpaired) electrons. The summed E-state index contributed by atoms with van der Waals surface area (Å²) in [5.41, 5.74) is 2.57. The van der Waals surface area contributed by atoms with E-state index in [9.17, 15) is 4.79 Å². The zero-order valence-electron chi connectivity index (χ0n) is 13.9. The number of fused-ring (bicyclic) bond motifs is 1. The molecule has 1 N–H and O–H groups in total. The fraction of sp³-hybridized carbons (Fsp3) is 0.300. The van der Waals surface area contributed by atoms with Crippen molar-refractivity contribution >= 4 is 39.2 Å². The van der Waals surface area contributed by atoms with Gasteiger partial charge in [-0.1, -0.05) is 42.5 Å². The number of hydrogen-bond donors (Lipinski definition) is 1. The second-order valence-corrected chi connectivity index (χ2v) is 8.59. The molecule has 128 valence electrons. The molecule has 1 aliphatic carbocycles. The van der Waals surface area contributed by atoms with Crippen LogP contribution < -0.4 is 5.32 Å². The fourth-order valence-corrected chi connectivity index (χ4v) is 4.92. The van der Waals surface area contributed by atoms with E-state index in [1.54, 1.807) is 23.1 Å². The number of carbonyl (C=O) groups excluding carboxylic acids is 1. The standard InChI is InChI=1S/C20H20N2OS2/c23-18(21-14-20(10-11-20)15-6-2-1-3-7-15)12-24-13-19-22-16-8-4-5-9-17(16)25-19/h1-9H,10-14H2,(H,21,23). The van der Waals surface area contributed by atoms with Crippen molar-refractivity contribution in [2.24, 2.45) is 0 Å². The summed E-state index contributed by atoms with van der Waals surface area (Å²) >= 11 is 3.34. The Morgan fingerprint density at radius 1 is 1.12 bits per heavy atom. The number of carbonyl (C=O) groups is 1. The number of thiazole rings is 1. The Bertz CT molecular complexity index is 839. The zero-order chi connectivity index (χ0) is 17.1. The van der Waals surface area contributed by atoms with Gasteiger partial charge in [0, 0.05) is 17.7 Å². The van der Waals surface area contributed by atoms with Gasteiger partial charge in [0.1, 0.15) is 5.01 Å². The minimum Gasteiger partial charge on any atom is -0.354 e. The average Bonchev–Trinajstić information content (AvgIpc) is 3.33. The van der Waals surface area contributed by atoms with Crippen LogP contribution in [-0.2, 0) is 16.0 Å². The molecule has 0 aliphatic heterocycles.